The maximum atomic E-state index is 12.6. The Balaban J connectivity index is 2.17. The third kappa shape index (κ3) is 3.41. The molecule has 1 unspecified atom stereocenters. The topological polar surface area (TPSA) is 58.6 Å². The van der Waals surface area contributed by atoms with Gasteiger partial charge in [-0.05, 0) is 31.0 Å². The molecule has 0 saturated carbocycles. The molecule has 1 atom stereocenters. The molecule has 1 saturated heterocycles. The number of hydrogen-bond acceptors (Lipinski definition) is 3. The van der Waals surface area contributed by atoms with Crippen molar-refractivity contribution < 1.29 is 27.8 Å². The lowest BCUT2D eigenvalue weighted by Gasteiger charge is -2.15. The summed E-state index contributed by atoms with van der Waals surface area (Å²) in [6.45, 7) is 1.04. The van der Waals surface area contributed by atoms with E-state index in [2.05, 4.69) is 5.32 Å². The van der Waals surface area contributed by atoms with E-state index in [-0.39, 0.29) is 11.8 Å². The van der Waals surface area contributed by atoms with E-state index >= 15 is 0 Å². The lowest BCUT2D eigenvalue weighted by atomic mass is 10.1. The summed E-state index contributed by atoms with van der Waals surface area (Å²) >= 11 is 0. The number of carboxylic acid groups (broad SMARTS) is 1. The third-order valence-electron chi connectivity index (χ3n) is 3.12. The van der Waals surface area contributed by atoms with Crippen molar-refractivity contribution in [1.82, 2.24) is 0 Å². The van der Waals surface area contributed by atoms with E-state index in [0.29, 0.717) is 19.2 Å². The SMILES string of the molecule is O=C(O)c1cc(C(F)(F)F)ccc1NCC1CCCO1. The van der Waals surface area contributed by atoms with Gasteiger partial charge in [0.05, 0.1) is 17.2 Å². The highest BCUT2D eigenvalue weighted by Crippen LogP contribution is 2.32. The van der Waals surface area contributed by atoms with E-state index in [1.165, 1.54) is 0 Å². The van der Waals surface area contributed by atoms with Gasteiger partial charge in [-0.2, -0.15) is 13.2 Å². The lowest BCUT2D eigenvalue weighted by molar-refractivity contribution is -0.137. The molecule has 0 aliphatic carbocycles. The van der Waals surface area contributed by atoms with Gasteiger partial charge in [-0.1, -0.05) is 0 Å². The Labute approximate surface area is 113 Å². The Morgan fingerprint density at radius 3 is 2.75 bits per heavy atom. The number of ether oxygens (including phenoxy) is 1. The number of anilines is 1. The number of nitrogens with one attached hydrogen (secondary N) is 1. The fraction of sp³-hybridized carbons (Fsp3) is 0.462. The molecule has 1 aromatic rings. The Kier molecular flexibility index (Phi) is 4.17. The van der Waals surface area contributed by atoms with Crippen LogP contribution in [0, 0.1) is 0 Å². The summed E-state index contributed by atoms with van der Waals surface area (Å²) in [6, 6.07) is 2.64. The van der Waals surface area contributed by atoms with Gasteiger partial charge in [-0.15, -0.1) is 0 Å². The van der Waals surface area contributed by atoms with Crippen molar-refractivity contribution in [3.05, 3.63) is 29.3 Å². The van der Waals surface area contributed by atoms with Crippen molar-refractivity contribution in [3.8, 4) is 0 Å². The molecule has 1 aromatic carbocycles. The standard InChI is InChI=1S/C13H14F3NO3/c14-13(15,16)8-3-4-11(10(6-8)12(18)19)17-7-9-2-1-5-20-9/h3-4,6,9,17H,1-2,5,7H2,(H,18,19). The Morgan fingerprint density at radius 2 is 2.20 bits per heavy atom. The molecule has 2 N–H and O–H groups in total. The van der Waals surface area contributed by atoms with Crippen LogP contribution in [0.25, 0.3) is 0 Å². The van der Waals surface area contributed by atoms with Crippen LogP contribution in [0.15, 0.2) is 18.2 Å². The third-order valence-corrected chi connectivity index (χ3v) is 3.12. The van der Waals surface area contributed by atoms with Crippen molar-refractivity contribution >= 4 is 11.7 Å². The maximum Gasteiger partial charge on any atom is 0.416 e. The predicted molar refractivity (Wildman–Crippen MR) is 65.9 cm³/mol. The Morgan fingerprint density at radius 1 is 1.45 bits per heavy atom. The molecule has 1 heterocycles. The maximum absolute atomic E-state index is 12.6. The van der Waals surface area contributed by atoms with Crippen LogP contribution >= 0.6 is 0 Å². The van der Waals surface area contributed by atoms with E-state index in [9.17, 15) is 18.0 Å². The van der Waals surface area contributed by atoms with Crippen LogP contribution in [0.5, 0.6) is 0 Å². The van der Waals surface area contributed by atoms with Gasteiger partial charge in [0.2, 0.25) is 0 Å². The summed E-state index contributed by atoms with van der Waals surface area (Å²) in [4.78, 5) is 11.1. The molecular formula is C13H14F3NO3. The second-order valence-corrected chi connectivity index (χ2v) is 4.58. The van der Waals surface area contributed by atoms with E-state index in [1.807, 2.05) is 0 Å². The summed E-state index contributed by atoms with van der Waals surface area (Å²) in [5, 5.41) is 11.9. The normalized spacial score (nSPS) is 19.1. The van der Waals surface area contributed by atoms with Gasteiger partial charge >= 0.3 is 12.1 Å². The molecule has 0 aromatic heterocycles. The van der Waals surface area contributed by atoms with Crippen molar-refractivity contribution in [1.29, 1.82) is 0 Å². The number of aromatic carboxylic acids is 1. The van der Waals surface area contributed by atoms with E-state index in [4.69, 9.17) is 9.84 Å². The van der Waals surface area contributed by atoms with Gasteiger partial charge in [0.15, 0.2) is 0 Å². The molecule has 7 heteroatoms. The molecular weight excluding hydrogens is 275 g/mol. The molecule has 1 fully saturated rings. The van der Waals surface area contributed by atoms with E-state index in [1.54, 1.807) is 0 Å². The van der Waals surface area contributed by atoms with Crippen molar-refractivity contribution in [3.63, 3.8) is 0 Å². The zero-order valence-corrected chi connectivity index (χ0v) is 10.5. The minimum atomic E-state index is -4.56. The summed E-state index contributed by atoms with van der Waals surface area (Å²) < 4.78 is 43.0. The average molecular weight is 289 g/mol. The highest BCUT2D eigenvalue weighted by Gasteiger charge is 2.31. The first-order valence-corrected chi connectivity index (χ1v) is 6.18. The monoisotopic (exact) mass is 289 g/mol. The second kappa shape index (κ2) is 5.70. The minimum Gasteiger partial charge on any atom is -0.478 e. The van der Waals surface area contributed by atoms with Crippen molar-refractivity contribution in [2.75, 3.05) is 18.5 Å². The second-order valence-electron chi connectivity index (χ2n) is 4.58. The quantitative estimate of drug-likeness (QED) is 0.894. The number of alkyl halides is 3. The minimum absolute atomic E-state index is 0.0288. The first-order chi connectivity index (χ1) is 9.38. The molecule has 4 nitrogen and oxygen atoms in total. The van der Waals surface area contributed by atoms with Crippen LogP contribution in [0.4, 0.5) is 18.9 Å². The van der Waals surface area contributed by atoms with Gasteiger partial charge in [0.1, 0.15) is 0 Å². The molecule has 20 heavy (non-hydrogen) atoms. The summed E-state index contributed by atoms with van der Waals surface area (Å²) in [5.74, 6) is -1.40. The fourth-order valence-electron chi connectivity index (χ4n) is 2.08. The number of hydrogen-bond donors (Lipinski definition) is 2. The van der Waals surface area contributed by atoms with Gasteiger partial charge in [0, 0.05) is 18.8 Å². The molecule has 0 bridgehead atoms. The molecule has 2 rings (SSSR count). The molecule has 0 amide bonds. The highest BCUT2D eigenvalue weighted by molar-refractivity contribution is 5.94. The van der Waals surface area contributed by atoms with Crippen LogP contribution < -0.4 is 5.32 Å². The zero-order chi connectivity index (χ0) is 14.8. The number of carboxylic acids is 1. The predicted octanol–water partition coefficient (Wildman–Crippen LogP) is 2.99. The van der Waals surface area contributed by atoms with Crippen molar-refractivity contribution in [2.24, 2.45) is 0 Å². The first-order valence-electron chi connectivity index (χ1n) is 6.18. The summed E-state index contributed by atoms with van der Waals surface area (Å²) in [7, 11) is 0. The Hall–Kier alpha value is -1.76. The zero-order valence-electron chi connectivity index (χ0n) is 10.5. The van der Waals surface area contributed by atoms with Crippen LogP contribution in [0.2, 0.25) is 0 Å². The van der Waals surface area contributed by atoms with E-state index < -0.39 is 23.3 Å². The number of carbonyl (C=O) groups is 1. The number of benzene rings is 1. The Bertz CT molecular complexity index is 496. The van der Waals surface area contributed by atoms with Crippen molar-refractivity contribution in [2.45, 2.75) is 25.1 Å². The smallest absolute Gasteiger partial charge is 0.416 e. The van der Waals surface area contributed by atoms with Crippen LogP contribution in [-0.2, 0) is 10.9 Å². The van der Waals surface area contributed by atoms with E-state index in [0.717, 1.165) is 25.0 Å². The number of rotatable bonds is 4. The molecule has 110 valence electrons. The molecule has 1 aliphatic rings. The van der Waals surface area contributed by atoms with Gasteiger partial charge in [-0.25, -0.2) is 4.79 Å². The van der Waals surface area contributed by atoms with Crippen LogP contribution in [0.3, 0.4) is 0 Å². The largest absolute Gasteiger partial charge is 0.478 e. The van der Waals surface area contributed by atoms with Gasteiger partial charge in [0.25, 0.3) is 0 Å². The molecule has 0 radical (unpaired) electrons. The average Bonchev–Trinajstić information content (AvgIpc) is 2.88. The van der Waals surface area contributed by atoms with Crippen LogP contribution in [-0.4, -0.2) is 30.3 Å². The molecule has 1 aliphatic heterocycles. The summed E-state index contributed by atoms with van der Waals surface area (Å²) in [5.41, 5.74) is -1.20. The number of halogens is 3. The summed E-state index contributed by atoms with van der Waals surface area (Å²) in [6.07, 6.45) is -2.79. The lowest BCUT2D eigenvalue weighted by Crippen LogP contribution is -2.20. The fourth-order valence-corrected chi connectivity index (χ4v) is 2.08. The highest BCUT2D eigenvalue weighted by atomic mass is 19.4. The van der Waals surface area contributed by atoms with Gasteiger partial charge < -0.3 is 15.2 Å². The molecule has 0 spiro atoms. The van der Waals surface area contributed by atoms with Gasteiger partial charge in [-0.3, -0.25) is 0 Å². The van der Waals surface area contributed by atoms with Crippen LogP contribution in [0.1, 0.15) is 28.8 Å². The first kappa shape index (κ1) is 14.6.